The van der Waals surface area contributed by atoms with Gasteiger partial charge in [0, 0.05) is 24.3 Å². The Morgan fingerprint density at radius 2 is 2.05 bits per heavy atom. The van der Waals surface area contributed by atoms with Gasteiger partial charge in [-0.2, -0.15) is 0 Å². The molecule has 1 aliphatic heterocycles. The third-order valence-corrected chi connectivity index (χ3v) is 3.58. The molecule has 1 aromatic carbocycles. The standard InChI is InChI=1S/C15H21N3O3/c16-14(18-20)11-4-6-12(7-5-11)15(19)17-9-8-13-3-1-2-10-21-13/h4-7,13,20H,1-3,8-10H2,(H2,16,18)(H,17,19). The van der Waals surface area contributed by atoms with Crippen LogP contribution in [0.1, 0.15) is 41.6 Å². The Bertz CT molecular complexity index is 493. The van der Waals surface area contributed by atoms with E-state index in [1.807, 2.05) is 0 Å². The number of hydrogen-bond acceptors (Lipinski definition) is 4. The molecule has 1 aromatic rings. The van der Waals surface area contributed by atoms with Gasteiger partial charge in [0.1, 0.15) is 0 Å². The van der Waals surface area contributed by atoms with Gasteiger partial charge in [-0.25, -0.2) is 0 Å². The van der Waals surface area contributed by atoms with Gasteiger partial charge in [0.15, 0.2) is 5.84 Å². The first-order valence-corrected chi connectivity index (χ1v) is 7.18. The molecular formula is C15H21N3O3. The molecule has 0 saturated carbocycles. The second kappa shape index (κ2) is 7.64. The summed E-state index contributed by atoms with van der Waals surface area (Å²) in [7, 11) is 0. The van der Waals surface area contributed by atoms with Gasteiger partial charge in [0.2, 0.25) is 0 Å². The molecule has 114 valence electrons. The highest BCUT2D eigenvalue weighted by atomic mass is 16.5. The van der Waals surface area contributed by atoms with Crippen molar-refractivity contribution in [2.24, 2.45) is 10.9 Å². The molecule has 1 atom stereocenters. The van der Waals surface area contributed by atoms with Crippen LogP contribution in [-0.2, 0) is 4.74 Å². The van der Waals surface area contributed by atoms with Crippen LogP contribution >= 0.6 is 0 Å². The zero-order valence-electron chi connectivity index (χ0n) is 11.9. The van der Waals surface area contributed by atoms with Gasteiger partial charge in [-0.15, -0.1) is 0 Å². The van der Waals surface area contributed by atoms with Crippen LogP contribution in [0.25, 0.3) is 0 Å². The summed E-state index contributed by atoms with van der Waals surface area (Å²) in [4.78, 5) is 12.0. The molecule has 0 spiro atoms. The number of amides is 1. The van der Waals surface area contributed by atoms with E-state index >= 15 is 0 Å². The Kier molecular flexibility index (Phi) is 5.57. The van der Waals surface area contributed by atoms with Crippen molar-refractivity contribution < 1.29 is 14.7 Å². The van der Waals surface area contributed by atoms with Crippen LogP contribution < -0.4 is 11.1 Å². The molecule has 1 fully saturated rings. The van der Waals surface area contributed by atoms with E-state index in [0.29, 0.717) is 17.7 Å². The number of carbonyl (C=O) groups excluding carboxylic acids is 1. The number of hydrogen-bond donors (Lipinski definition) is 3. The van der Waals surface area contributed by atoms with Gasteiger partial charge in [-0.1, -0.05) is 17.3 Å². The molecule has 1 saturated heterocycles. The highest BCUT2D eigenvalue weighted by Crippen LogP contribution is 2.15. The zero-order valence-corrected chi connectivity index (χ0v) is 11.9. The van der Waals surface area contributed by atoms with E-state index in [4.69, 9.17) is 15.7 Å². The first kappa shape index (κ1) is 15.3. The van der Waals surface area contributed by atoms with E-state index in [1.54, 1.807) is 24.3 Å². The predicted octanol–water partition coefficient (Wildman–Crippen LogP) is 1.47. The maximum absolute atomic E-state index is 12.0. The summed E-state index contributed by atoms with van der Waals surface area (Å²) in [6, 6.07) is 6.60. The van der Waals surface area contributed by atoms with Crippen LogP contribution in [0.2, 0.25) is 0 Å². The lowest BCUT2D eigenvalue weighted by atomic mass is 10.1. The van der Waals surface area contributed by atoms with Crippen molar-refractivity contribution in [1.82, 2.24) is 5.32 Å². The van der Waals surface area contributed by atoms with E-state index in [9.17, 15) is 4.79 Å². The summed E-state index contributed by atoms with van der Waals surface area (Å²) < 4.78 is 5.62. The summed E-state index contributed by atoms with van der Waals surface area (Å²) in [6.07, 6.45) is 4.52. The SMILES string of the molecule is N/C(=N/O)c1ccc(C(=O)NCCC2CCCCO2)cc1. The van der Waals surface area contributed by atoms with Crippen LogP contribution in [0.3, 0.4) is 0 Å². The number of nitrogens with two attached hydrogens (primary N) is 1. The highest BCUT2D eigenvalue weighted by Gasteiger charge is 2.14. The number of carbonyl (C=O) groups is 1. The van der Waals surface area contributed by atoms with Gasteiger partial charge < -0.3 is 21.0 Å². The van der Waals surface area contributed by atoms with Crippen molar-refractivity contribution in [3.63, 3.8) is 0 Å². The molecule has 1 heterocycles. The fourth-order valence-electron chi connectivity index (χ4n) is 2.33. The molecule has 1 aliphatic rings. The molecule has 6 heteroatoms. The lowest BCUT2D eigenvalue weighted by Gasteiger charge is -2.22. The number of amidine groups is 1. The van der Waals surface area contributed by atoms with Crippen LogP contribution in [0, 0.1) is 0 Å². The Morgan fingerprint density at radius 1 is 1.33 bits per heavy atom. The Morgan fingerprint density at radius 3 is 2.67 bits per heavy atom. The molecule has 0 bridgehead atoms. The molecular weight excluding hydrogens is 270 g/mol. The summed E-state index contributed by atoms with van der Waals surface area (Å²) in [5, 5.41) is 14.4. The third-order valence-electron chi connectivity index (χ3n) is 3.58. The molecule has 4 N–H and O–H groups in total. The van der Waals surface area contributed by atoms with Crippen LogP contribution in [0.15, 0.2) is 29.4 Å². The van der Waals surface area contributed by atoms with Gasteiger partial charge in [-0.05, 0) is 37.8 Å². The first-order valence-electron chi connectivity index (χ1n) is 7.18. The minimum atomic E-state index is -0.128. The second-order valence-electron chi connectivity index (χ2n) is 5.10. The number of nitrogens with zero attached hydrogens (tertiary/aromatic N) is 1. The molecule has 6 nitrogen and oxygen atoms in total. The summed E-state index contributed by atoms with van der Waals surface area (Å²) in [6.45, 7) is 1.43. The fraction of sp³-hybridized carbons (Fsp3) is 0.467. The zero-order chi connectivity index (χ0) is 15.1. The van der Waals surface area contributed by atoms with Crippen molar-refractivity contribution in [3.05, 3.63) is 35.4 Å². The van der Waals surface area contributed by atoms with E-state index in [-0.39, 0.29) is 17.8 Å². The van der Waals surface area contributed by atoms with Gasteiger partial charge >= 0.3 is 0 Å². The average Bonchev–Trinajstić information content (AvgIpc) is 2.55. The summed E-state index contributed by atoms with van der Waals surface area (Å²) >= 11 is 0. The number of benzene rings is 1. The van der Waals surface area contributed by atoms with Crippen molar-refractivity contribution in [2.45, 2.75) is 31.8 Å². The van der Waals surface area contributed by atoms with E-state index in [2.05, 4.69) is 10.5 Å². The van der Waals surface area contributed by atoms with Gasteiger partial charge in [-0.3, -0.25) is 4.79 Å². The van der Waals surface area contributed by atoms with Crippen molar-refractivity contribution in [2.75, 3.05) is 13.2 Å². The first-order chi connectivity index (χ1) is 10.2. The van der Waals surface area contributed by atoms with Gasteiger partial charge in [0.25, 0.3) is 5.91 Å². The third kappa shape index (κ3) is 4.46. The lowest BCUT2D eigenvalue weighted by Crippen LogP contribution is -2.29. The maximum Gasteiger partial charge on any atom is 0.251 e. The fourth-order valence-corrected chi connectivity index (χ4v) is 2.33. The quantitative estimate of drug-likeness (QED) is 0.331. The van der Waals surface area contributed by atoms with Crippen LogP contribution in [0.5, 0.6) is 0 Å². The monoisotopic (exact) mass is 291 g/mol. The topological polar surface area (TPSA) is 96.9 Å². The number of rotatable bonds is 5. The molecule has 21 heavy (non-hydrogen) atoms. The minimum Gasteiger partial charge on any atom is -0.409 e. The van der Waals surface area contributed by atoms with Gasteiger partial charge in [0.05, 0.1) is 6.10 Å². The van der Waals surface area contributed by atoms with Crippen molar-refractivity contribution in [1.29, 1.82) is 0 Å². The Balaban J connectivity index is 1.80. The van der Waals surface area contributed by atoms with E-state index in [0.717, 1.165) is 25.9 Å². The molecule has 2 rings (SSSR count). The normalized spacial score (nSPS) is 19.2. The minimum absolute atomic E-state index is 0.0244. The summed E-state index contributed by atoms with van der Waals surface area (Å²) in [5.41, 5.74) is 6.59. The lowest BCUT2D eigenvalue weighted by molar-refractivity contribution is 0.0117. The average molecular weight is 291 g/mol. The maximum atomic E-state index is 12.0. The highest BCUT2D eigenvalue weighted by molar-refractivity contribution is 5.99. The largest absolute Gasteiger partial charge is 0.409 e. The molecule has 1 amide bonds. The number of oxime groups is 1. The second-order valence-corrected chi connectivity index (χ2v) is 5.10. The molecule has 0 radical (unpaired) electrons. The van der Waals surface area contributed by atoms with Crippen LogP contribution in [-0.4, -0.2) is 36.2 Å². The number of ether oxygens (including phenoxy) is 1. The van der Waals surface area contributed by atoms with E-state index in [1.165, 1.54) is 6.42 Å². The number of nitrogens with one attached hydrogen (secondary N) is 1. The summed E-state index contributed by atoms with van der Waals surface area (Å²) in [5.74, 6) is -0.103. The smallest absolute Gasteiger partial charge is 0.251 e. The predicted molar refractivity (Wildman–Crippen MR) is 79.5 cm³/mol. The van der Waals surface area contributed by atoms with E-state index < -0.39 is 0 Å². The van der Waals surface area contributed by atoms with Crippen LogP contribution in [0.4, 0.5) is 0 Å². The Hall–Kier alpha value is -2.08. The molecule has 0 aliphatic carbocycles. The Labute approximate surface area is 124 Å². The van der Waals surface area contributed by atoms with Crippen molar-refractivity contribution in [3.8, 4) is 0 Å². The molecule has 1 unspecified atom stereocenters. The molecule has 0 aromatic heterocycles. The van der Waals surface area contributed by atoms with Crippen molar-refractivity contribution >= 4 is 11.7 Å².